The molecule has 5 heteroatoms. The van der Waals surface area contributed by atoms with Crippen LogP contribution in [0.1, 0.15) is 71.4 Å². The average molecular weight is 533 g/mol. The van der Waals surface area contributed by atoms with Crippen LogP contribution in [0, 0.1) is 17.3 Å². The number of carbonyl (C=O) groups excluding carboxylic acids is 1. The molecule has 0 radical (unpaired) electrons. The van der Waals surface area contributed by atoms with E-state index in [9.17, 15) is 4.79 Å². The first kappa shape index (κ1) is 28.7. The highest BCUT2D eigenvalue weighted by molar-refractivity contribution is 7.07. The minimum atomic E-state index is -0.357. The maximum Gasteiger partial charge on any atom is 0.185 e. The fourth-order valence-corrected chi connectivity index (χ4v) is 5.31. The molecule has 0 spiro atoms. The zero-order valence-corrected chi connectivity index (χ0v) is 24.7. The second-order valence-electron chi connectivity index (χ2n) is 10.4. The molecule has 0 bridgehead atoms. The maximum atomic E-state index is 13.2. The summed E-state index contributed by atoms with van der Waals surface area (Å²) in [6.45, 7) is 16.9. The van der Waals surface area contributed by atoms with Crippen molar-refractivity contribution in [2.75, 3.05) is 0 Å². The maximum absolute atomic E-state index is 13.2. The number of benzene rings is 1. The van der Waals surface area contributed by atoms with E-state index >= 15 is 0 Å². The van der Waals surface area contributed by atoms with Gasteiger partial charge in [-0.3, -0.25) is 4.79 Å². The Bertz CT molecular complexity index is 1330. The number of rotatable bonds is 8. The fourth-order valence-electron chi connectivity index (χ4n) is 4.58. The number of nitrogens with zero attached hydrogens (tertiary/aromatic N) is 2. The smallest absolute Gasteiger partial charge is 0.185 e. The van der Waals surface area contributed by atoms with E-state index in [0.29, 0.717) is 10.7 Å². The van der Waals surface area contributed by atoms with Crippen LogP contribution in [-0.4, -0.2) is 16.5 Å². The molecule has 1 aromatic heterocycles. The molecule has 1 aliphatic rings. The van der Waals surface area contributed by atoms with E-state index in [2.05, 4.69) is 70.8 Å². The molecule has 0 saturated heterocycles. The van der Waals surface area contributed by atoms with Crippen molar-refractivity contribution >= 4 is 40.1 Å². The van der Waals surface area contributed by atoms with Crippen LogP contribution in [-0.2, 0) is 0 Å². The van der Waals surface area contributed by atoms with Crippen LogP contribution in [0.15, 0.2) is 92.8 Å². The molecule has 0 N–H and O–H groups in total. The van der Waals surface area contributed by atoms with Gasteiger partial charge in [0, 0.05) is 27.5 Å². The Morgan fingerprint density at radius 1 is 1.24 bits per heavy atom. The summed E-state index contributed by atoms with van der Waals surface area (Å²) in [5.41, 5.74) is 9.30. The van der Waals surface area contributed by atoms with Crippen molar-refractivity contribution in [3.63, 3.8) is 0 Å². The van der Waals surface area contributed by atoms with Gasteiger partial charge in [-0.05, 0) is 57.2 Å². The first-order chi connectivity index (χ1) is 17.4. The van der Waals surface area contributed by atoms with Crippen molar-refractivity contribution in [1.29, 1.82) is 0 Å². The molecule has 3 rings (SSSR count). The van der Waals surface area contributed by atoms with Gasteiger partial charge in [-0.2, -0.15) is 0 Å². The number of ketones is 1. The topological polar surface area (TPSA) is 42.3 Å². The number of halogens is 1. The van der Waals surface area contributed by atoms with Gasteiger partial charge in [-0.15, -0.1) is 11.3 Å². The van der Waals surface area contributed by atoms with Gasteiger partial charge in [0.25, 0.3) is 0 Å². The highest BCUT2D eigenvalue weighted by atomic mass is 35.5. The SMILES string of the molecule is CC=C(N=C(C=C(C)C)C1=CC=C(C(C)(C)C(C)C(=O)c2cscn2)C(C)C(C)=C1)c1cccc(Cl)c1. The number of aromatic nitrogens is 1. The van der Waals surface area contributed by atoms with Crippen LogP contribution in [0.5, 0.6) is 0 Å². The normalized spacial score (nSPS) is 17.9. The Labute approximate surface area is 231 Å². The molecule has 37 heavy (non-hydrogen) atoms. The van der Waals surface area contributed by atoms with E-state index in [1.54, 1.807) is 5.51 Å². The third-order valence-corrected chi connectivity index (χ3v) is 8.06. The van der Waals surface area contributed by atoms with Crippen LogP contribution in [0.4, 0.5) is 0 Å². The average Bonchev–Trinajstić information content (AvgIpc) is 3.34. The molecule has 1 aliphatic carbocycles. The lowest BCUT2D eigenvalue weighted by atomic mass is 9.67. The van der Waals surface area contributed by atoms with E-state index in [0.717, 1.165) is 28.1 Å². The van der Waals surface area contributed by atoms with Crippen LogP contribution in [0.25, 0.3) is 5.70 Å². The molecule has 2 aromatic rings. The summed E-state index contributed by atoms with van der Waals surface area (Å²) in [4.78, 5) is 22.6. The lowest BCUT2D eigenvalue weighted by Gasteiger charge is -2.36. The number of allylic oxidation sites excluding steroid dienone is 9. The van der Waals surface area contributed by atoms with Crippen molar-refractivity contribution in [3.05, 3.63) is 104 Å². The highest BCUT2D eigenvalue weighted by Gasteiger charge is 2.38. The first-order valence-electron chi connectivity index (χ1n) is 12.6. The lowest BCUT2D eigenvalue weighted by molar-refractivity contribution is 0.0842. The molecular formula is C32H37ClN2OS. The van der Waals surface area contributed by atoms with Gasteiger partial charge < -0.3 is 0 Å². The van der Waals surface area contributed by atoms with Crippen molar-refractivity contribution in [3.8, 4) is 0 Å². The van der Waals surface area contributed by atoms with Crippen LogP contribution in [0.3, 0.4) is 0 Å². The summed E-state index contributed by atoms with van der Waals surface area (Å²) in [6, 6.07) is 7.77. The van der Waals surface area contributed by atoms with Crippen LogP contribution in [0.2, 0.25) is 5.02 Å². The molecule has 3 nitrogen and oxygen atoms in total. The Kier molecular flexibility index (Phi) is 9.44. The van der Waals surface area contributed by atoms with Crippen LogP contribution >= 0.6 is 22.9 Å². The number of thiazole rings is 1. The first-order valence-corrected chi connectivity index (χ1v) is 14.0. The van der Waals surface area contributed by atoms with Crippen molar-refractivity contribution in [2.24, 2.45) is 22.2 Å². The molecule has 2 unspecified atom stereocenters. The van der Waals surface area contributed by atoms with Gasteiger partial charge in [-0.25, -0.2) is 9.98 Å². The monoisotopic (exact) mass is 532 g/mol. The predicted molar refractivity (Wildman–Crippen MR) is 160 cm³/mol. The number of Topliss-reactive ketones (excluding diaryl/α,β-unsaturated/α-hetero) is 1. The Hall–Kier alpha value is -2.82. The second-order valence-corrected chi connectivity index (χ2v) is 11.6. The largest absolute Gasteiger partial charge is 0.292 e. The standard InChI is InChI=1S/C32H37ClN2OS/c1-9-28(24-11-10-12-26(33)17-24)35-29(15-20(2)3)25-13-14-27(22(5)21(4)16-25)32(7,8)23(6)31(36)30-18-37-19-34-30/h9-19,22-23H,1-8H3. The Morgan fingerprint density at radius 2 is 1.97 bits per heavy atom. The van der Waals surface area contributed by atoms with E-state index in [-0.39, 0.29) is 23.0 Å². The second kappa shape index (κ2) is 12.1. The molecule has 194 valence electrons. The van der Waals surface area contributed by atoms with Crippen molar-refractivity contribution in [2.45, 2.75) is 55.4 Å². The number of hydrogen-bond donors (Lipinski definition) is 0. The number of hydrogen-bond acceptors (Lipinski definition) is 4. The third kappa shape index (κ3) is 6.74. The van der Waals surface area contributed by atoms with E-state index in [1.165, 1.54) is 22.5 Å². The van der Waals surface area contributed by atoms with E-state index < -0.39 is 0 Å². The molecule has 0 fully saturated rings. The van der Waals surface area contributed by atoms with Crippen LogP contribution < -0.4 is 0 Å². The molecular weight excluding hydrogens is 496 g/mol. The van der Waals surface area contributed by atoms with Crippen molar-refractivity contribution < 1.29 is 4.79 Å². The molecule has 0 saturated carbocycles. The molecule has 0 amide bonds. The van der Waals surface area contributed by atoms with Gasteiger partial charge in [0.15, 0.2) is 5.78 Å². The zero-order chi connectivity index (χ0) is 27.3. The lowest BCUT2D eigenvalue weighted by Crippen LogP contribution is -2.33. The summed E-state index contributed by atoms with van der Waals surface area (Å²) in [5.74, 6) is 0.0476. The predicted octanol–water partition coefficient (Wildman–Crippen LogP) is 9.56. The van der Waals surface area contributed by atoms with E-state index in [4.69, 9.17) is 16.6 Å². The minimum Gasteiger partial charge on any atom is -0.292 e. The summed E-state index contributed by atoms with van der Waals surface area (Å²) >= 11 is 7.72. The quantitative estimate of drug-likeness (QED) is 0.251. The number of carbonyl (C=O) groups is 1. The fraction of sp³-hybridized carbons (Fsp3) is 0.344. The minimum absolute atomic E-state index is 0.0838. The van der Waals surface area contributed by atoms with Gasteiger partial charge in [0.05, 0.1) is 16.9 Å². The van der Waals surface area contributed by atoms with Gasteiger partial charge in [0.1, 0.15) is 5.69 Å². The molecule has 1 aromatic carbocycles. The Balaban J connectivity index is 2.09. The summed E-state index contributed by atoms with van der Waals surface area (Å²) in [7, 11) is 0. The summed E-state index contributed by atoms with van der Waals surface area (Å²) in [6.07, 6.45) is 10.7. The third-order valence-electron chi connectivity index (χ3n) is 7.24. The van der Waals surface area contributed by atoms with Gasteiger partial charge in [-0.1, -0.05) is 92.5 Å². The van der Waals surface area contributed by atoms with Gasteiger partial charge in [0.2, 0.25) is 0 Å². The molecule has 1 heterocycles. The molecule has 2 atom stereocenters. The van der Waals surface area contributed by atoms with Crippen molar-refractivity contribution in [1.82, 2.24) is 4.98 Å². The molecule has 0 aliphatic heterocycles. The summed E-state index contributed by atoms with van der Waals surface area (Å²) in [5, 5.41) is 2.52. The zero-order valence-electron chi connectivity index (χ0n) is 23.1. The van der Waals surface area contributed by atoms with E-state index in [1.807, 2.05) is 49.6 Å². The highest BCUT2D eigenvalue weighted by Crippen LogP contribution is 2.43. The van der Waals surface area contributed by atoms with Gasteiger partial charge >= 0.3 is 0 Å². The number of aliphatic imine (C=N–C) groups is 1. The Morgan fingerprint density at radius 3 is 2.57 bits per heavy atom. The summed E-state index contributed by atoms with van der Waals surface area (Å²) < 4.78 is 0.